The Bertz CT molecular complexity index is 950. The zero-order chi connectivity index (χ0) is 18.1. The molecule has 1 N–H and O–H groups in total. The molecule has 0 bridgehead atoms. The van der Waals surface area contributed by atoms with Crippen molar-refractivity contribution in [3.8, 4) is 0 Å². The standard InChI is InChI=1S/C18H20N4O3S/c23-18(19-15-6-9-26(24,25)13-15)17-10-16-12-21(7-8-22(16)20-17)11-14-4-2-1-3-5-14/h1-6,9-10,15H,7-8,11-13H2,(H,19,23). The SMILES string of the molecule is O=C(NC1C=CS(=O)(=O)C1)c1cc2n(n1)CCN(Cc1ccccc1)C2. The van der Waals surface area contributed by atoms with Crippen LogP contribution in [0.2, 0.25) is 0 Å². The van der Waals surface area contributed by atoms with E-state index in [1.54, 1.807) is 6.07 Å². The summed E-state index contributed by atoms with van der Waals surface area (Å²) in [5, 5.41) is 8.24. The normalized spacial score (nSPS) is 21.5. The zero-order valence-corrected chi connectivity index (χ0v) is 15.0. The third kappa shape index (κ3) is 3.71. The molecule has 0 aliphatic carbocycles. The van der Waals surface area contributed by atoms with Crippen LogP contribution in [0.25, 0.3) is 0 Å². The van der Waals surface area contributed by atoms with Crippen LogP contribution in [-0.2, 0) is 29.5 Å². The Morgan fingerprint density at radius 2 is 2.04 bits per heavy atom. The van der Waals surface area contributed by atoms with Crippen LogP contribution in [-0.4, -0.2) is 47.3 Å². The molecule has 0 fully saturated rings. The van der Waals surface area contributed by atoms with E-state index in [0.717, 1.165) is 37.3 Å². The van der Waals surface area contributed by atoms with Gasteiger partial charge in [-0.1, -0.05) is 30.3 Å². The molecule has 26 heavy (non-hydrogen) atoms. The maximum Gasteiger partial charge on any atom is 0.272 e. The summed E-state index contributed by atoms with van der Waals surface area (Å²) in [6.07, 6.45) is 1.50. The minimum absolute atomic E-state index is 0.0862. The van der Waals surface area contributed by atoms with Crippen molar-refractivity contribution >= 4 is 15.7 Å². The first-order chi connectivity index (χ1) is 12.5. The van der Waals surface area contributed by atoms with Gasteiger partial charge in [0.05, 0.1) is 24.0 Å². The summed E-state index contributed by atoms with van der Waals surface area (Å²) in [6.45, 7) is 3.19. The highest BCUT2D eigenvalue weighted by molar-refractivity contribution is 7.94. The van der Waals surface area contributed by atoms with Crippen molar-refractivity contribution in [3.05, 3.63) is 64.8 Å². The number of carbonyl (C=O) groups is 1. The fraction of sp³-hybridized carbons (Fsp3) is 0.333. The Morgan fingerprint density at radius 1 is 1.23 bits per heavy atom. The minimum atomic E-state index is -3.19. The fourth-order valence-corrected chi connectivity index (χ4v) is 4.55. The average Bonchev–Trinajstić information content (AvgIpc) is 3.18. The summed E-state index contributed by atoms with van der Waals surface area (Å²) >= 11 is 0. The smallest absolute Gasteiger partial charge is 0.272 e. The summed E-state index contributed by atoms with van der Waals surface area (Å²) in [5.41, 5.74) is 2.58. The molecule has 1 aromatic carbocycles. The molecule has 2 aliphatic rings. The van der Waals surface area contributed by atoms with Crippen LogP contribution < -0.4 is 5.32 Å². The van der Waals surface area contributed by atoms with Gasteiger partial charge < -0.3 is 5.32 Å². The Labute approximate surface area is 152 Å². The van der Waals surface area contributed by atoms with Crippen LogP contribution in [0.15, 0.2) is 47.9 Å². The molecule has 1 aromatic heterocycles. The van der Waals surface area contributed by atoms with Crippen molar-refractivity contribution in [1.29, 1.82) is 0 Å². The van der Waals surface area contributed by atoms with Gasteiger partial charge >= 0.3 is 0 Å². The number of benzene rings is 1. The number of rotatable bonds is 4. The molecular weight excluding hydrogens is 352 g/mol. The maximum absolute atomic E-state index is 12.4. The van der Waals surface area contributed by atoms with E-state index >= 15 is 0 Å². The summed E-state index contributed by atoms with van der Waals surface area (Å²) < 4.78 is 24.7. The second-order valence-corrected chi connectivity index (χ2v) is 8.61. The van der Waals surface area contributed by atoms with Crippen LogP contribution in [0.4, 0.5) is 0 Å². The van der Waals surface area contributed by atoms with Crippen LogP contribution >= 0.6 is 0 Å². The van der Waals surface area contributed by atoms with Crippen LogP contribution in [0.5, 0.6) is 0 Å². The number of nitrogens with one attached hydrogen (secondary N) is 1. The van der Waals surface area contributed by atoms with Gasteiger partial charge in [-0.2, -0.15) is 5.10 Å². The summed E-state index contributed by atoms with van der Waals surface area (Å²) in [6, 6.07) is 11.6. The number of nitrogens with zero attached hydrogens (tertiary/aromatic N) is 3. The Hall–Kier alpha value is -2.45. The molecule has 0 spiro atoms. The van der Waals surface area contributed by atoms with Crippen LogP contribution in [0.1, 0.15) is 21.7 Å². The fourth-order valence-electron chi connectivity index (χ4n) is 3.32. The van der Waals surface area contributed by atoms with Gasteiger partial charge in [0.25, 0.3) is 5.91 Å². The lowest BCUT2D eigenvalue weighted by molar-refractivity contribution is 0.0941. The zero-order valence-electron chi connectivity index (χ0n) is 14.2. The van der Waals surface area contributed by atoms with Gasteiger partial charge in [-0.25, -0.2) is 8.42 Å². The quantitative estimate of drug-likeness (QED) is 0.863. The molecule has 1 atom stereocenters. The number of hydrogen-bond acceptors (Lipinski definition) is 5. The lowest BCUT2D eigenvalue weighted by Crippen LogP contribution is -2.35. The lowest BCUT2D eigenvalue weighted by Gasteiger charge is -2.27. The van der Waals surface area contributed by atoms with E-state index in [4.69, 9.17) is 0 Å². The monoisotopic (exact) mass is 372 g/mol. The van der Waals surface area contributed by atoms with E-state index < -0.39 is 15.9 Å². The van der Waals surface area contributed by atoms with E-state index in [1.165, 1.54) is 11.6 Å². The van der Waals surface area contributed by atoms with Crippen molar-refractivity contribution in [2.75, 3.05) is 12.3 Å². The van der Waals surface area contributed by atoms with Crippen molar-refractivity contribution < 1.29 is 13.2 Å². The molecule has 2 aromatic rings. The third-order valence-corrected chi connectivity index (χ3v) is 6.00. The summed E-state index contributed by atoms with van der Waals surface area (Å²) in [7, 11) is -3.19. The Morgan fingerprint density at radius 3 is 2.77 bits per heavy atom. The first-order valence-electron chi connectivity index (χ1n) is 8.53. The number of hydrogen-bond donors (Lipinski definition) is 1. The molecule has 1 unspecified atom stereocenters. The van der Waals surface area contributed by atoms with Gasteiger partial charge in [-0.05, 0) is 17.7 Å². The lowest BCUT2D eigenvalue weighted by atomic mass is 10.2. The number of amides is 1. The van der Waals surface area contributed by atoms with Crippen molar-refractivity contribution in [2.24, 2.45) is 0 Å². The van der Waals surface area contributed by atoms with E-state index in [0.29, 0.717) is 5.69 Å². The van der Waals surface area contributed by atoms with Crippen molar-refractivity contribution in [1.82, 2.24) is 20.0 Å². The van der Waals surface area contributed by atoms with Crippen molar-refractivity contribution in [3.63, 3.8) is 0 Å². The minimum Gasteiger partial charge on any atom is -0.343 e. The molecule has 7 nitrogen and oxygen atoms in total. The predicted molar refractivity (Wildman–Crippen MR) is 97.0 cm³/mol. The third-order valence-electron chi connectivity index (χ3n) is 4.61. The highest BCUT2D eigenvalue weighted by Crippen LogP contribution is 2.17. The highest BCUT2D eigenvalue weighted by atomic mass is 32.2. The van der Waals surface area contributed by atoms with Crippen LogP contribution in [0.3, 0.4) is 0 Å². The Balaban J connectivity index is 1.41. The number of sulfone groups is 1. The first kappa shape index (κ1) is 17.0. The second kappa shape index (κ2) is 6.69. The molecule has 3 heterocycles. The first-order valence-corrected chi connectivity index (χ1v) is 10.2. The number of fused-ring (bicyclic) bond motifs is 1. The van der Waals surface area contributed by atoms with Gasteiger partial charge in [0.15, 0.2) is 15.5 Å². The molecule has 136 valence electrons. The number of carbonyl (C=O) groups excluding carboxylic acids is 1. The van der Waals surface area contributed by atoms with Crippen LogP contribution in [0, 0.1) is 0 Å². The summed E-state index contributed by atoms with van der Waals surface area (Å²) in [5.74, 6) is -0.426. The van der Waals surface area contributed by atoms with Gasteiger partial charge in [0, 0.05) is 25.0 Å². The molecule has 2 aliphatic heterocycles. The maximum atomic E-state index is 12.4. The molecule has 0 saturated heterocycles. The Kier molecular flexibility index (Phi) is 4.37. The van der Waals surface area contributed by atoms with Gasteiger partial charge in [-0.3, -0.25) is 14.4 Å². The van der Waals surface area contributed by atoms with E-state index in [2.05, 4.69) is 27.4 Å². The predicted octanol–water partition coefficient (Wildman–Crippen LogP) is 0.939. The molecule has 1 amide bonds. The van der Waals surface area contributed by atoms with E-state index in [1.807, 2.05) is 22.9 Å². The molecule has 4 rings (SSSR count). The molecular formula is C18H20N4O3S. The largest absolute Gasteiger partial charge is 0.343 e. The average molecular weight is 372 g/mol. The van der Waals surface area contributed by atoms with E-state index in [9.17, 15) is 13.2 Å². The molecule has 0 radical (unpaired) electrons. The topological polar surface area (TPSA) is 84.3 Å². The molecule has 8 heteroatoms. The van der Waals surface area contributed by atoms with E-state index in [-0.39, 0.29) is 11.7 Å². The number of aromatic nitrogens is 2. The van der Waals surface area contributed by atoms with Crippen molar-refractivity contribution in [2.45, 2.75) is 25.7 Å². The van der Waals surface area contributed by atoms with Gasteiger partial charge in [0.1, 0.15) is 0 Å². The summed E-state index contributed by atoms with van der Waals surface area (Å²) in [4.78, 5) is 14.7. The molecule has 0 saturated carbocycles. The van der Waals surface area contributed by atoms with Gasteiger partial charge in [-0.15, -0.1) is 0 Å². The second-order valence-electron chi connectivity index (χ2n) is 6.68. The van der Waals surface area contributed by atoms with Gasteiger partial charge in [0.2, 0.25) is 0 Å². The highest BCUT2D eigenvalue weighted by Gasteiger charge is 2.26.